The van der Waals surface area contributed by atoms with E-state index in [-0.39, 0.29) is 17.1 Å². The standard InChI is InChI=1S/C18H15F6N3OS/c19-17(20,21)11-6-2-4-8-13(11)25-14(28)9-29-16-26-12-7-3-1-5-10(12)15(27-16)18(22,23)24/h2,4,6,8H,1,3,5,7,9H2,(H,25,28). The summed E-state index contributed by atoms with van der Waals surface area (Å²) < 4.78 is 78.9. The van der Waals surface area contributed by atoms with Crippen LogP contribution in [-0.2, 0) is 30.0 Å². The SMILES string of the molecule is O=C(CSc1nc2c(c(C(F)(F)F)n1)CCCC2)Nc1ccccc1C(F)(F)F. The van der Waals surface area contributed by atoms with Crippen LogP contribution in [0.1, 0.15) is 35.4 Å². The van der Waals surface area contributed by atoms with Gasteiger partial charge in [0.15, 0.2) is 10.9 Å². The summed E-state index contributed by atoms with van der Waals surface area (Å²) in [6.07, 6.45) is -7.34. The Morgan fingerprint density at radius 3 is 2.38 bits per heavy atom. The fraction of sp³-hybridized carbons (Fsp3) is 0.389. The van der Waals surface area contributed by atoms with Gasteiger partial charge >= 0.3 is 12.4 Å². The second kappa shape index (κ2) is 8.21. The maximum Gasteiger partial charge on any atom is 0.433 e. The Labute approximate surface area is 166 Å². The molecule has 1 amide bonds. The second-order valence-corrected chi connectivity index (χ2v) is 7.31. The van der Waals surface area contributed by atoms with Crippen LogP contribution in [0.3, 0.4) is 0 Å². The Morgan fingerprint density at radius 2 is 1.69 bits per heavy atom. The van der Waals surface area contributed by atoms with Crippen molar-refractivity contribution in [2.45, 2.75) is 43.2 Å². The van der Waals surface area contributed by atoms with Gasteiger partial charge in [0, 0.05) is 11.3 Å². The average Bonchev–Trinajstić information content (AvgIpc) is 2.64. The number of alkyl halides is 6. The largest absolute Gasteiger partial charge is 0.433 e. The van der Waals surface area contributed by atoms with Crippen LogP contribution in [0, 0.1) is 0 Å². The van der Waals surface area contributed by atoms with E-state index in [9.17, 15) is 31.1 Å². The number of aromatic nitrogens is 2. The van der Waals surface area contributed by atoms with E-state index in [0.29, 0.717) is 36.7 Å². The van der Waals surface area contributed by atoms with E-state index in [2.05, 4.69) is 15.3 Å². The zero-order chi connectivity index (χ0) is 21.2. The molecule has 0 aliphatic heterocycles. The molecule has 0 bridgehead atoms. The van der Waals surface area contributed by atoms with Crippen molar-refractivity contribution in [3.05, 3.63) is 46.8 Å². The summed E-state index contributed by atoms with van der Waals surface area (Å²) in [6, 6.07) is 4.44. The number of halogens is 6. The third kappa shape index (κ3) is 5.20. The minimum absolute atomic E-state index is 0.0802. The predicted octanol–water partition coefficient (Wildman–Crippen LogP) is 5.12. The average molecular weight is 435 g/mol. The van der Waals surface area contributed by atoms with Crippen LogP contribution in [-0.4, -0.2) is 21.6 Å². The number of thioether (sulfide) groups is 1. The number of carbonyl (C=O) groups is 1. The van der Waals surface area contributed by atoms with E-state index in [1.807, 2.05) is 0 Å². The number of rotatable bonds is 4. The van der Waals surface area contributed by atoms with Crippen LogP contribution in [0.4, 0.5) is 32.0 Å². The Bertz CT molecular complexity index is 913. The first-order valence-corrected chi connectivity index (χ1v) is 9.60. The third-order valence-corrected chi connectivity index (χ3v) is 5.12. The number of amides is 1. The minimum atomic E-state index is -4.65. The number of nitrogens with zero attached hydrogens (tertiary/aromatic N) is 2. The van der Waals surface area contributed by atoms with Gasteiger partial charge in [0.05, 0.1) is 17.0 Å². The first-order valence-electron chi connectivity index (χ1n) is 8.61. The van der Waals surface area contributed by atoms with Gasteiger partial charge in [-0.1, -0.05) is 23.9 Å². The Hall–Kier alpha value is -2.30. The van der Waals surface area contributed by atoms with Crippen molar-refractivity contribution < 1.29 is 31.1 Å². The summed E-state index contributed by atoms with van der Waals surface area (Å²) in [5.74, 6) is -1.23. The quantitative estimate of drug-likeness (QED) is 0.411. The highest BCUT2D eigenvalue weighted by Crippen LogP contribution is 2.36. The van der Waals surface area contributed by atoms with Gasteiger partial charge in [-0.15, -0.1) is 0 Å². The number of hydrogen-bond acceptors (Lipinski definition) is 4. The molecule has 1 aromatic heterocycles. The lowest BCUT2D eigenvalue weighted by Gasteiger charge is -2.20. The topological polar surface area (TPSA) is 54.9 Å². The third-order valence-electron chi connectivity index (χ3n) is 4.27. The summed E-state index contributed by atoms with van der Waals surface area (Å²) in [7, 11) is 0. The van der Waals surface area contributed by atoms with E-state index >= 15 is 0 Å². The molecule has 0 saturated carbocycles. The predicted molar refractivity (Wildman–Crippen MR) is 94.5 cm³/mol. The van der Waals surface area contributed by atoms with Crippen molar-refractivity contribution in [3.63, 3.8) is 0 Å². The van der Waals surface area contributed by atoms with Gasteiger partial charge in [-0.2, -0.15) is 26.3 Å². The van der Waals surface area contributed by atoms with Crippen LogP contribution < -0.4 is 5.32 Å². The van der Waals surface area contributed by atoms with Crippen molar-refractivity contribution in [1.29, 1.82) is 0 Å². The fourth-order valence-electron chi connectivity index (χ4n) is 3.03. The molecule has 0 saturated heterocycles. The molecule has 1 heterocycles. The van der Waals surface area contributed by atoms with Crippen LogP contribution in [0.5, 0.6) is 0 Å². The first-order chi connectivity index (χ1) is 13.6. The Kier molecular flexibility index (Phi) is 6.06. The molecule has 3 rings (SSSR count). The molecule has 0 atom stereocenters. The van der Waals surface area contributed by atoms with Gasteiger partial charge in [0.2, 0.25) is 5.91 Å². The molecule has 156 valence electrons. The number of aryl methyl sites for hydroxylation is 1. The molecule has 29 heavy (non-hydrogen) atoms. The molecule has 1 aliphatic rings. The van der Waals surface area contributed by atoms with E-state index in [1.165, 1.54) is 12.1 Å². The van der Waals surface area contributed by atoms with E-state index < -0.39 is 41.0 Å². The molecule has 1 N–H and O–H groups in total. The molecule has 1 aromatic carbocycles. The highest BCUT2D eigenvalue weighted by molar-refractivity contribution is 7.99. The van der Waals surface area contributed by atoms with Crippen LogP contribution in [0.2, 0.25) is 0 Å². The van der Waals surface area contributed by atoms with Gasteiger partial charge in [-0.25, -0.2) is 9.97 Å². The highest BCUT2D eigenvalue weighted by atomic mass is 32.2. The smallest absolute Gasteiger partial charge is 0.325 e. The Balaban J connectivity index is 1.75. The number of fused-ring (bicyclic) bond motifs is 1. The number of para-hydroxylation sites is 1. The second-order valence-electron chi connectivity index (χ2n) is 6.37. The molecular weight excluding hydrogens is 420 g/mol. The maximum absolute atomic E-state index is 13.3. The summed E-state index contributed by atoms with van der Waals surface area (Å²) in [5, 5.41) is 1.91. The summed E-state index contributed by atoms with van der Waals surface area (Å²) >= 11 is 0.649. The van der Waals surface area contributed by atoms with Crippen LogP contribution in [0.25, 0.3) is 0 Å². The monoisotopic (exact) mass is 435 g/mol. The van der Waals surface area contributed by atoms with Crippen LogP contribution in [0.15, 0.2) is 29.4 Å². The van der Waals surface area contributed by atoms with E-state index in [0.717, 1.165) is 12.1 Å². The molecule has 4 nitrogen and oxygen atoms in total. The lowest BCUT2D eigenvalue weighted by atomic mass is 9.94. The van der Waals surface area contributed by atoms with Gasteiger partial charge in [0.1, 0.15) is 0 Å². The normalized spacial score (nSPS) is 14.4. The summed E-state index contributed by atoms with van der Waals surface area (Å²) in [6.45, 7) is 0. The minimum Gasteiger partial charge on any atom is -0.325 e. The first kappa shape index (κ1) is 21.4. The number of benzene rings is 1. The molecule has 11 heteroatoms. The number of nitrogens with one attached hydrogen (secondary N) is 1. The van der Waals surface area contributed by atoms with Crippen molar-refractivity contribution >= 4 is 23.4 Å². The van der Waals surface area contributed by atoms with Gasteiger partial charge < -0.3 is 5.32 Å². The lowest BCUT2D eigenvalue weighted by molar-refractivity contribution is -0.142. The van der Waals surface area contributed by atoms with Gasteiger partial charge in [-0.3, -0.25) is 4.79 Å². The molecule has 0 unspecified atom stereocenters. The van der Waals surface area contributed by atoms with Crippen molar-refractivity contribution in [3.8, 4) is 0 Å². The number of carbonyl (C=O) groups excluding carboxylic acids is 1. The maximum atomic E-state index is 13.3. The van der Waals surface area contributed by atoms with Gasteiger partial charge in [-0.05, 0) is 37.8 Å². The molecule has 0 spiro atoms. The van der Waals surface area contributed by atoms with Crippen LogP contribution >= 0.6 is 11.8 Å². The number of hydrogen-bond donors (Lipinski definition) is 1. The summed E-state index contributed by atoms with van der Waals surface area (Å²) in [4.78, 5) is 19.7. The van der Waals surface area contributed by atoms with Gasteiger partial charge in [0.25, 0.3) is 0 Å². The zero-order valence-electron chi connectivity index (χ0n) is 14.8. The number of anilines is 1. The molecule has 0 radical (unpaired) electrons. The molecule has 1 aliphatic carbocycles. The van der Waals surface area contributed by atoms with E-state index in [4.69, 9.17) is 0 Å². The zero-order valence-corrected chi connectivity index (χ0v) is 15.6. The van der Waals surface area contributed by atoms with Crippen molar-refractivity contribution in [1.82, 2.24) is 9.97 Å². The molecule has 2 aromatic rings. The molecule has 0 fully saturated rings. The summed E-state index contributed by atoms with van der Waals surface area (Å²) in [5.41, 5.74) is -2.05. The van der Waals surface area contributed by atoms with Crippen molar-refractivity contribution in [2.75, 3.05) is 11.1 Å². The lowest BCUT2D eigenvalue weighted by Crippen LogP contribution is -2.20. The Morgan fingerprint density at radius 1 is 1.00 bits per heavy atom. The highest BCUT2D eigenvalue weighted by Gasteiger charge is 2.38. The molecular formula is C18H15F6N3OS. The van der Waals surface area contributed by atoms with Crippen molar-refractivity contribution in [2.24, 2.45) is 0 Å². The fourth-order valence-corrected chi connectivity index (χ4v) is 3.69. The van der Waals surface area contributed by atoms with E-state index in [1.54, 1.807) is 0 Å².